The van der Waals surface area contributed by atoms with Crippen molar-refractivity contribution in [1.29, 1.82) is 0 Å². The Bertz CT molecular complexity index is 381. The van der Waals surface area contributed by atoms with Crippen LogP contribution >= 0.6 is 0 Å². The molecule has 1 aromatic rings. The van der Waals surface area contributed by atoms with E-state index in [1.807, 2.05) is 7.05 Å². The SMILES string of the molecule is CNCC1(c2cc(C)ccc2OC)CCCC1. The lowest BCUT2D eigenvalue weighted by molar-refractivity contribution is 0.367. The van der Waals surface area contributed by atoms with Gasteiger partial charge in [-0.2, -0.15) is 0 Å². The predicted molar refractivity (Wildman–Crippen MR) is 71.8 cm³/mol. The molecule has 2 rings (SSSR count). The zero-order valence-corrected chi connectivity index (χ0v) is 11.2. The molecule has 0 aromatic heterocycles. The lowest BCUT2D eigenvalue weighted by Gasteiger charge is -2.31. The maximum absolute atomic E-state index is 5.56. The summed E-state index contributed by atoms with van der Waals surface area (Å²) in [4.78, 5) is 0. The van der Waals surface area contributed by atoms with Gasteiger partial charge in [0.25, 0.3) is 0 Å². The monoisotopic (exact) mass is 233 g/mol. The van der Waals surface area contributed by atoms with E-state index >= 15 is 0 Å². The Balaban J connectivity index is 2.44. The average molecular weight is 233 g/mol. The number of methoxy groups -OCH3 is 1. The van der Waals surface area contributed by atoms with Gasteiger partial charge < -0.3 is 10.1 Å². The molecule has 0 saturated heterocycles. The molecule has 0 unspecified atom stereocenters. The largest absolute Gasteiger partial charge is 0.496 e. The summed E-state index contributed by atoms with van der Waals surface area (Å²) in [5.41, 5.74) is 3.00. The molecule has 1 aromatic carbocycles. The van der Waals surface area contributed by atoms with Crippen LogP contribution in [0.25, 0.3) is 0 Å². The third-order valence-corrected chi connectivity index (χ3v) is 4.00. The van der Waals surface area contributed by atoms with E-state index in [0.717, 1.165) is 12.3 Å². The Morgan fingerprint density at radius 2 is 2.00 bits per heavy atom. The topological polar surface area (TPSA) is 21.3 Å². The molecule has 1 N–H and O–H groups in total. The second-order valence-corrected chi connectivity index (χ2v) is 5.22. The van der Waals surface area contributed by atoms with E-state index in [4.69, 9.17) is 4.74 Å². The third-order valence-electron chi connectivity index (χ3n) is 4.00. The number of hydrogen-bond acceptors (Lipinski definition) is 2. The van der Waals surface area contributed by atoms with Crippen LogP contribution in [-0.4, -0.2) is 20.7 Å². The fraction of sp³-hybridized carbons (Fsp3) is 0.600. The zero-order valence-electron chi connectivity index (χ0n) is 11.2. The van der Waals surface area contributed by atoms with Crippen LogP contribution < -0.4 is 10.1 Å². The fourth-order valence-corrected chi connectivity index (χ4v) is 3.17. The summed E-state index contributed by atoms with van der Waals surface area (Å²) < 4.78 is 5.56. The third kappa shape index (κ3) is 2.32. The summed E-state index contributed by atoms with van der Waals surface area (Å²) in [5.74, 6) is 1.05. The van der Waals surface area contributed by atoms with Crippen LogP contribution in [0.2, 0.25) is 0 Å². The molecule has 0 heterocycles. The summed E-state index contributed by atoms with van der Waals surface area (Å²) >= 11 is 0. The van der Waals surface area contributed by atoms with Crippen LogP contribution in [0.1, 0.15) is 36.8 Å². The average Bonchev–Trinajstić information content (AvgIpc) is 2.79. The van der Waals surface area contributed by atoms with E-state index in [1.165, 1.54) is 36.8 Å². The molecule has 0 amide bonds. The second-order valence-electron chi connectivity index (χ2n) is 5.22. The minimum Gasteiger partial charge on any atom is -0.496 e. The van der Waals surface area contributed by atoms with Crippen LogP contribution in [0.5, 0.6) is 5.75 Å². The summed E-state index contributed by atoms with van der Waals surface area (Å²) in [6, 6.07) is 6.55. The van der Waals surface area contributed by atoms with Crippen LogP contribution in [0.4, 0.5) is 0 Å². The zero-order chi connectivity index (χ0) is 12.3. The number of nitrogens with one attached hydrogen (secondary N) is 1. The number of hydrogen-bond donors (Lipinski definition) is 1. The Kier molecular flexibility index (Phi) is 3.72. The number of aryl methyl sites for hydroxylation is 1. The highest BCUT2D eigenvalue weighted by atomic mass is 16.5. The molecular formula is C15H23NO. The van der Waals surface area contributed by atoms with Gasteiger partial charge in [0.15, 0.2) is 0 Å². The molecule has 1 fully saturated rings. The lowest BCUT2D eigenvalue weighted by atomic mass is 9.77. The summed E-state index contributed by atoms with van der Waals surface area (Å²) in [5, 5.41) is 3.36. The summed E-state index contributed by atoms with van der Waals surface area (Å²) in [6.45, 7) is 3.21. The predicted octanol–water partition coefficient (Wildman–Crippen LogP) is 3.03. The van der Waals surface area contributed by atoms with Gasteiger partial charge in [0, 0.05) is 17.5 Å². The van der Waals surface area contributed by atoms with Crippen molar-refractivity contribution in [1.82, 2.24) is 5.32 Å². The highest BCUT2D eigenvalue weighted by Crippen LogP contribution is 2.44. The first-order valence-electron chi connectivity index (χ1n) is 6.51. The van der Waals surface area contributed by atoms with E-state index in [-0.39, 0.29) is 5.41 Å². The van der Waals surface area contributed by atoms with Gasteiger partial charge in [-0.3, -0.25) is 0 Å². The van der Waals surface area contributed by atoms with Crippen molar-refractivity contribution in [3.63, 3.8) is 0 Å². The van der Waals surface area contributed by atoms with Gasteiger partial charge in [0.05, 0.1) is 7.11 Å². The number of benzene rings is 1. The molecule has 1 aliphatic rings. The minimum atomic E-state index is 0.284. The van der Waals surface area contributed by atoms with E-state index < -0.39 is 0 Å². The van der Waals surface area contributed by atoms with Crippen molar-refractivity contribution in [3.8, 4) is 5.75 Å². The first kappa shape index (κ1) is 12.4. The Labute approximate surface area is 104 Å². The van der Waals surface area contributed by atoms with Gasteiger partial charge in [-0.15, -0.1) is 0 Å². The maximum Gasteiger partial charge on any atom is 0.122 e. The smallest absolute Gasteiger partial charge is 0.122 e. The molecule has 0 atom stereocenters. The first-order valence-corrected chi connectivity index (χ1v) is 6.51. The molecule has 2 nitrogen and oxygen atoms in total. The van der Waals surface area contributed by atoms with Crippen molar-refractivity contribution >= 4 is 0 Å². The van der Waals surface area contributed by atoms with Crippen molar-refractivity contribution in [2.75, 3.05) is 20.7 Å². The molecule has 0 radical (unpaired) electrons. The quantitative estimate of drug-likeness (QED) is 0.863. The molecule has 2 heteroatoms. The molecule has 0 bridgehead atoms. The second kappa shape index (κ2) is 5.09. The Morgan fingerprint density at radius 3 is 2.59 bits per heavy atom. The van der Waals surface area contributed by atoms with E-state index in [9.17, 15) is 0 Å². The van der Waals surface area contributed by atoms with Gasteiger partial charge in [-0.1, -0.05) is 30.5 Å². The number of likely N-dealkylation sites (N-methyl/N-ethyl adjacent to an activating group) is 1. The van der Waals surface area contributed by atoms with Crippen molar-refractivity contribution < 1.29 is 4.74 Å². The number of rotatable bonds is 4. The Hall–Kier alpha value is -1.02. The van der Waals surface area contributed by atoms with Gasteiger partial charge in [-0.25, -0.2) is 0 Å². The van der Waals surface area contributed by atoms with E-state index in [2.05, 4.69) is 30.4 Å². The van der Waals surface area contributed by atoms with Gasteiger partial charge in [0.1, 0.15) is 5.75 Å². The van der Waals surface area contributed by atoms with Crippen molar-refractivity contribution in [2.24, 2.45) is 0 Å². The van der Waals surface area contributed by atoms with Crippen LogP contribution in [0.15, 0.2) is 18.2 Å². The fourth-order valence-electron chi connectivity index (χ4n) is 3.17. The molecule has 0 aliphatic heterocycles. The van der Waals surface area contributed by atoms with Crippen LogP contribution in [0, 0.1) is 6.92 Å². The summed E-state index contributed by atoms with van der Waals surface area (Å²) in [7, 11) is 3.82. The van der Waals surface area contributed by atoms with E-state index in [1.54, 1.807) is 7.11 Å². The maximum atomic E-state index is 5.56. The molecule has 94 valence electrons. The first-order chi connectivity index (χ1) is 8.22. The molecule has 17 heavy (non-hydrogen) atoms. The molecular weight excluding hydrogens is 210 g/mol. The normalized spacial score (nSPS) is 18.3. The molecule has 0 spiro atoms. The van der Waals surface area contributed by atoms with Crippen molar-refractivity contribution in [3.05, 3.63) is 29.3 Å². The minimum absolute atomic E-state index is 0.284. The highest BCUT2D eigenvalue weighted by molar-refractivity contribution is 5.43. The highest BCUT2D eigenvalue weighted by Gasteiger charge is 2.37. The standard InChI is InChI=1S/C15H23NO/c1-12-6-7-14(17-3)13(10-12)15(11-16-2)8-4-5-9-15/h6-7,10,16H,4-5,8-9,11H2,1-3H3. The molecule has 1 aliphatic carbocycles. The summed E-state index contributed by atoms with van der Waals surface area (Å²) in [6.07, 6.45) is 5.21. The van der Waals surface area contributed by atoms with Gasteiger partial charge >= 0.3 is 0 Å². The molecule has 1 saturated carbocycles. The number of ether oxygens (including phenoxy) is 1. The Morgan fingerprint density at radius 1 is 1.29 bits per heavy atom. The van der Waals surface area contributed by atoms with Gasteiger partial charge in [-0.05, 0) is 32.9 Å². The van der Waals surface area contributed by atoms with E-state index in [0.29, 0.717) is 0 Å². The van der Waals surface area contributed by atoms with Crippen LogP contribution in [0.3, 0.4) is 0 Å². The van der Waals surface area contributed by atoms with Gasteiger partial charge in [0.2, 0.25) is 0 Å². The van der Waals surface area contributed by atoms with Crippen molar-refractivity contribution in [2.45, 2.75) is 38.0 Å². The van der Waals surface area contributed by atoms with Crippen LogP contribution in [-0.2, 0) is 5.41 Å². The lowest BCUT2D eigenvalue weighted by Crippen LogP contribution is -2.34.